The summed E-state index contributed by atoms with van der Waals surface area (Å²) in [7, 11) is 4.27. The monoisotopic (exact) mass is 261 g/mol. The molecule has 0 spiro atoms. The minimum Gasteiger partial charge on any atom is -0.318 e. The van der Waals surface area contributed by atoms with Crippen LogP contribution in [0.2, 0.25) is 0 Å². The van der Waals surface area contributed by atoms with E-state index in [4.69, 9.17) is 0 Å². The van der Waals surface area contributed by atoms with Gasteiger partial charge in [-0.1, -0.05) is 30.3 Å². The average Bonchev–Trinajstić information content (AvgIpc) is 2.40. The quantitative estimate of drug-likeness (QED) is 0.894. The molecule has 1 atom stereocenters. The molecule has 2 rings (SSSR count). The maximum absolute atomic E-state index is 3.35. The molecule has 106 valence electrons. The van der Waals surface area contributed by atoms with Crippen molar-refractivity contribution in [2.75, 3.05) is 40.3 Å². The normalized spacial score (nSPS) is 22.3. The third-order valence-electron chi connectivity index (χ3n) is 4.37. The highest BCUT2D eigenvalue weighted by molar-refractivity contribution is 5.20. The van der Waals surface area contributed by atoms with Gasteiger partial charge in [0.25, 0.3) is 0 Å². The smallest absolute Gasteiger partial charge is 0.0473 e. The van der Waals surface area contributed by atoms with Gasteiger partial charge in [-0.15, -0.1) is 0 Å². The molecule has 1 fully saturated rings. The molecule has 0 aromatic heterocycles. The summed E-state index contributed by atoms with van der Waals surface area (Å²) in [6, 6.07) is 11.3. The van der Waals surface area contributed by atoms with E-state index < -0.39 is 0 Å². The van der Waals surface area contributed by atoms with Crippen LogP contribution >= 0.6 is 0 Å². The number of nitrogens with one attached hydrogen (secondary N) is 1. The van der Waals surface area contributed by atoms with Gasteiger partial charge < -0.3 is 5.32 Å². The fourth-order valence-corrected chi connectivity index (χ4v) is 2.87. The molecular weight excluding hydrogens is 234 g/mol. The van der Waals surface area contributed by atoms with Crippen molar-refractivity contribution in [2.24, 2.45) is 0 Å². The highest BCUT2D eigenvalue weighted by Crippen LogP contribution is 2.27. The summed E-state index contributed by atoms with van der Waals surface area (Å²) in [6.45, 7) is 9.07. The molecule has 0 bridgehead atoms. The zero-order chi connectivity index (χ0) is 13.9. The van der Waals surface area contributed by atoms with E-state index in [1.54, 1.807) is 0 Å². The highest BCUT2D eigenvalue weighted by Gasteiger charge is 2.34. The van der Waals surface area contributed by atoms with Gasteiger partial charge in [-0.2, -0.15) is 0 Å². The fourth-order valence-electron chi connectivity index (χ4n) is 2.87. The van der Waals surface area contributed by atoms with E-state index in [1.165, 1.54) is 5.56 Å². The second-order valence-corrected chi connectivity index (χ2v) is 6.19. The molecule has 1 N–H and O–H groups in total. The summed E-state index contributed by atoms with van der Waals surface area (Å²) in [5.74, 6) is 0. The first-order valence-electron chi connectivity index (χ1n) is 7.19. The van der Waals surface area contributed by atoms with E-state index in [-0.39, 0.29) is 5.54 Å². The van der Waals surface area contributed by atoms with Gasteiger partial charge in [-0.05, 0) is 33.5 Å². The van der Waals surface area contributed by atoms with Gasteiger partial charge >= 0.3 is 0 Å². The van der Waals surface area contributed by atoms with Gasteiger partial charge in [-0.3, -0.25) is 9.80 Å². The average molecular weight is 261 g/mol. The molecule has 3 nitrogen and oxygen atoms in total. The van der Waals surface area contributed by atoms with Crippen molar-refractivity contribution in [3.05, 3.63) is 35.9 Å². The lowest BCUT2D eigenvalue weighted by atomic mass is 9.96. The number of hydrogen-bond donors (Lipinski definition) is 1. The number of hydrogen-bond acceptors (Lipinski definition) is 3. The van der Waals surface area contributed by atoms with Crippen LogP contribution in [0.15, 0.2) is 30.3 Å². The predicted octanol–water partition coefficient (Wildman–Crippen LogP) is 1.97. The Hall–Kier alpha value is -0.900. The Kier molecular flexibility index (Phi) is 4.61. The zero-order valence-corrected chi connectivity index (χ0v) is 12.7. The molecular formula is C16H27N3. The van der Waals surface area contributed by atoms with Crippen molar-refractivity contribution < 1.29 is 0 Å². The van der Waals surface area contributed by atoms with E-state index in [2.05, 4.69) is 66.3 Å². The largest absolute Gasteiger partial charge is 0.318 e. The first kappa shape index (κ1) is 14.5. The summed E-state index contributed by atoms with van der Waals surface area (Å²) in [5, 5.41) is 3.35. The number of piperazine rings is 1. The standard InChI is InChI=1S/C16H27N3/c1-16(2)13-19(11-10-18(16)4)15(12-17-3)14-8-6-5-7-9-14/h5-9,15,17H,10-13H2,1-4H3. The molecule has 1 saturated heterocycles. The number of nitrogens with zero attached hydrogens (tertiary/aromatic N) is 2. The van der Waals surface area contributed by atoms with Crippen molar-refractivity contribution in [3.63, 3.8) is 0 Å². The van der Waals surface area contributed by atoms with Crippen LogP contribution in [0.5, 0.6) is 0 Å². The van der Waals surface area contributed by atoms with Gasteiger partial charge in [0.2, 0.25) is 0 Å². The van der Waals surface area contributed by atoms with Crippen LogP contribution in [-0.4, -0.2) is 55.6 Å². The van der Waals surface area contributed by atoms with Crippen LogP contribution in [0, 0.1) is 0 Å². The minimum atomic E-state index is 0.249. The molecule has 3 heteroatoms. The Bertz CT molecular complexity index is 388. The van der Waals surface area contributed by atoms with Gasteiger partial charge in [0.05, 0.1) is 0 Å². The third-order valence-corrected chi connectivity index (χ3v) is 4.37. The molecule has 1 unspecified atom stereocenters. The summed E-state index contributed by atoms with van der Waals surface area (Å²) in [4.78, 5) is 5.08. The van der Waals surface area contributed by atoms with Gasteiger partial charge in [0.15, 0.2) is 0 Å². The van der Waals surface area contributed by atoms with E-state index in [1.807, 2.05) is 7.05 Å². The fraction of sp³-hybridized carbons (Fsp3) is 0.625. The summed E-state index contributed by atoms with van der Waals surface area (Å²) >= 11 is 0. The molecule has 1 aliphatic heterocycles. The molecule has 0 radical (unpaired) electrons. The lowest BCUT2D eigenvalue weighted by Gasteiger charge is -2.48. The third kappa shape index (κ3) is 3.35. The van der Waals surface area contributed by atoms with Crippen molar-refractivity contribution in [3.8, 4) is 0 Å². The van der Waals surface area contributed by atoms with E-state index in [0.717, 1.165) is 26.2 Å². The Morgan fingerprint density at radius 2 is 1.89 bits per heavy atom. The molecule has 19 heavy (non-hydrogen) atoms. The van der Waals surface area contributed by atoms with E-state index in [0.29, 0.717) is 6.04 Å². The Morgan fingerprint density at radius 1 is 1.21 bits per heavy atom. The lowest BCUT2D eigenvalue weighted by molar-refractivity contribution is 0.0165. The first-order valence-corrected chi connectivity index (χ1v) is 7.19. The van der Waals surface area contributed by atoms with Crippen LogP contribution in [0.25, 0.3) is 0 Å². The predicted molar refractivity (Wildman–Crippen MR) is 81.4 cm³/mol. The van der Waals surface area contributed by atoms with Crippen LogP contribution in [-0.2, 0) is 0 Å². The Balaban J connectivity index is 2.16. The summed E-state index contributed by atoms with van der Waals surface area (Å²) < 4.78 is 0. The van der Waals surface area contributed by atoms with Crippen molar-refractivity contribution in [1.29, 1.82) is 0 Å². The number of likely N-dealkylation sites (N-methyl/N-ethyl adjacent to an activating group) is 2. The van der Waals surface area contributed by atoms with Crippen LogP contribution in [0.1, 0.15) is 25.5 Å². The molecule has 0 aliphatic carbocycles. The number of benzene rings is 1. The molecule has 1 aromatic rings. The Morgan fingerprint density at radius 3 is 2.47 bits per heavy atom. The molecule has 0 saturated carbocycles. The molecule has 1 aliphatic rings. The summed E-state index contributed by atoms with van der Waals surface area (Å²) in [6.07, 6.45) is 0. The second-order valence-electron chi connectivity index (χ2n) is 6.19. The zero-order valence-electron chi connectivity index (χ0n) is 12.7. The first-order chi connectivity index (χ1) is 9.04. The van der Waals surface area contributed by atoms with Crippen LogP contribution in [0.3, 0.4) is 0 Å². The number of rotatable bonds is 4. The highest BCUT2D eigenvalue weighted by atomic mass is 15.3. The molecule has 1 heterocycles. The second kappa shape index (κ2) is 6.04. The minimum absolute atomic E-state index is 0.249. The van der Waals surface area contributed by atoms with Gasteiger partial charge in [0.1, 0.15) is 0 Å². The summed E-state index contributed by atoms with van der Waals surface area (Å²) in [5.41, 5.74) is 1.66. The van der Waals surface area contributed by atoms with Gasteiger partial charge in [0, 0.05) is 37.8 Å². The SMILES string of the molecule is CNCC(c1ccccc1)N1CCN(C)C(C)(C)C1. The maximum atomic E-state index is 3.35. The Labute approximate surface area is 117 Å². The van der Waals surface area contributed by atoms with Gasteiger partial charge in [-0.25, -0.2) is 0 Å². The molecule has 1 aromatic carbocycles. The lowest BCUT2D eigenvalue weighted by Crippen LogP contribution is -2.58. The topological polar surface area (TPSA) is 18.5 Å². The van der Waals surface area contributed by atoms with E-state index in [9.17, 15) is 0 Å². The van der Waals surface area contributed by atoms with Crippen molar-refractivity contribution in [1.82, 2.24) is 15.1 Å². The van der Waals surface area contributed by atoms with Crippen LogP contribution in [0.4, 0.5) is 0 Å². The maximum Gasteiger partial charge on any atom is 0.0473 e. The molecule has 0 amide bonds. The van der Waals surface area contributed by atoms with Crippen molar-refractivity contribution in [2.45, 2.75) is 25.4 Å². The van der Waals surface area contributed by atoms with Crippen molar-refractivity contribution >= 4 is 0 Å². The van der Waals surface area contributed by atoms with E-state index >= 15 is 0 Å². The van der Waals surface area contributed by atoms with Crippen LogP contribution < -0.4 is 5.32 Å².